The van der Waals surface area contributed by atoms with E-state index in [9.17, 15) is 8.42 Å². The number of ether oxygens (including phenoxy) is 1. The summed E-state index contributed by atoms with van der Waals surface area (Å²) in [6, 6.07) is 9.51. The SMILES string of the molecule is O=S(=O)(Cl)CC(COCC1CC1)c1ccccc1. The Morgan fingerprint density at radius 2 is 1.94 bits per heavy atom. The van der Waals surface area contributed by atoms with Gasteiger partial charge in [0.15, 0.2) is 0 Å². The summed E-state index contributed by atoms with van der Waals surface area (Å²) in [4.78, 5) is 0. The van der Waals surface area contributed by atoms with Crippen molar-refractivity contribution in [1.82, 2.24) is 0 Å². The molecule has 0 N–H and O–H groups in total. The van der Waals surface area contributed by atoms with Crippen molar-refractivity contribution < 1.29 is 13.2 Å². The lowest BCUT2D eigenvalue weighted by molar-refractivity contribution is 0.115. The van der Waals surface area contributed by atoms with Crippen molar-refractivity contribution in [3.8, 4) is 0 Å². The Bertz CT molecular complexity index is 468. The van der Waals surface area contributed by atoms with E-state index < -0.39 is 9.05 Å². The fourth-order valence-corrected chi connectivity index (χ4v) is 3.09. The van der Waals surface area contributed by atoms with Crippen LogP contribution >= 0.6 is 10.7 Å². The highest BCUT2D eigenvalue weighted by Gasteiger charge is 2.23. The molecule has 1 aromatic rings. The van der Waals surface area contributed by atoms with Gasteiger partial charge in [-0.25, -0.2) is 8.42 Å². The van der Waals surface area contributed by atoms with E-state index in [1.807, 2.05) is 30.3 Å². The summed E-state index contributed by atoms with van der Waals surface area (Å²) in [5, 5.41) is 0. The van der Waals surface area contributed by atoms with Gasteiger partial charge < -0.3 is 4.74 Å². The molecule has 1 aliphatic carbocycles. The molecule has 0 aromatic heterocycles. The minimum absolute atomic E-state index is 0.0801. The average molecular weight is 289 g/mol. The van der Waals surface area contributed by atoms with Crippen molar-refractivity contribution in [2.24, 2.45) is 5.92 Å². The molecular formula is C13H17ClO3S. The summed E-state index contributed by atoms with van der Waals surface area (Å²) in [7, 11) is 1.83. The first-order valence-corrected chi connectivity index (χ1v) is 8.57. The normalized spacial score (nSPS) is 17.6. The fraction of sp³-hybridized carbons (Fsp3) is 0.538. The summed E-state index contributed by atoms with van der Waals surface area (Å²) in [6.07, 6.45) is 2.45. The molecule has 0 spiro atoms. The van der Waals surface area contributed by atoms with E-state index in [0.29, 0.717) is 12.5 Å². The summed E-state index contributed by atoms with van der Waals surface area (Å²) >= 11 is 0. The molecule has 3 nitrogen and oxygen atoms in total. The smallest absolute Gasteiger partial charge is 0.233 e. The maximum absolute atomic E-state index is 11.2. The number of hydrogen-bond donors (Lipinski definition) is 0. The molecule has 0 aliphatic heterocycles. The minimum atomic E-state index is -3.51. The van der Waals surface area contributed by atoms with E-state index in [0.717, 1.165) is 12.2 Å². The molecule has 1 saturated carbocycles. The molecule has 1 unspecified atom stereocenters. The highest BCUT2D eigenvalue weighted by molar-refractivity contribution is 8.13. The monoisotopic (exact) mass is 288 g/mol. The van der Waals surface area contributed by atoms with Crippen LogP contribution in [0.4, 0.5) is 0 Å². The molecule has 0 radical (unpaired) electrons. The van der Waals surface area contributed by atoms with E-state index in [1.165, 1.54) is 12.8 Å². The van der Waals surface area contributed by atoms with Gasteiger partial charge in [0.1, 0.15) is 0 Å². The van der Waals surface area contributed by atoms with Crippen molar-refractivity contribution in [3.63, 3.8) is 0 Å². The van der Waals surface area contributed by atoms with Crippen LogP contribution < -0.4 is 0 Å². The Kier molecular flexibility index (Phi) is 4.65. The average Bonchev–Trinajstić information content (AvgIpc) is 3.11. The second kappa shape index (κ2) is 6.04. The standard InChI is InChI=1S/C13H17ClO3S/c14-18(15,16)10-13(9-17-8-11-6-7-11)12-4-2-1-3-5-12/h1-5,11,13H,6-10H2. The number of rotatable bonds is 7. The molecule has 18 heavy (non-hydrogen) atoms. The van der Waals surface area contributed by atoms with E-state index in [-0.39, 0.29) is 11.7 Å². The lowest BCUT2D eigenvalue weighted by Crippen LogP contribution is -2.17. The van der Waals surface area contributed by atoms with Crippen LogP contribution in [0.1, 0.15) is 24.3 Å². The van der Waals surface area contributed by atoms with Crippen molar-refractivity contribution in [2.45, 2.75) is 18.8 Å². The van der Waals surface area contributed by atoms with Gasteiger partial charge in [0.25, 0.3) is 0 Å². The summed E-state index contributed by atoms with van der Waals surface area (Å²) in [6.45, 7) is 1.14. The van der Waals surface area contributed by atoms with Gasteiger partial charge in [-0.1, -0.05) is 30.3 Å². The van der Waals surface area contributed by atoms with Gasteiger partial charge in [0, 0.05) is 23.2 Å². The minimum Gasteiger partial charge on any atom is -0.380 e. The van der Waals surface area contributed by atoms with Gasteiger partial charge in [-0.15, -0.1) is 0 Å². The molecule has 1 fully saturated rings. The quantitative estimate of drug-likeness (QED) is 0.725. The molecule has 0 saturated heterocycles. The molecule has 1 aliphatic rings. The third-order valence-electron chi connectivity index (χ3n) is 3.04. The van der Waals surface area contributed by atoms with Gasteiger partial charge in [-0.05, 0) is 24.3 Å². The third kappa shape index (κ3) is 4.96. The first-order chi connectivity index (χ1) is 8.54. The molecular weight excluding hydrogens is 272 g/mol. The van der Waals surface area contributed by atoms with Crippen LogP contribution in [0.3, 0.4) is 0 Å². The van der Waals surface area contributed by atoms with Gasteiger partial charge in [0.05, 0.1) is 12.4 Å². The highest BCUT2D eigenvalue weighted by Crippen LogP contribution is 2.29. The number of hydrogen-bond acceptors (Lipinski definition) is 3. The third-order valence-corrected chi connectivity index (χ3v) is 4.22. The Labute approximate surface area is 113 Å². The van der Waals surface area contributed by atoms with Crippen molar-refractivity contribution in [3.05, 3.63) is 35.9 Å². The van der Waals surface area contributed by atoms with Crippen LogP contribution in [0.2, 0.25) is 0 Å². The largest absolute Gasteiger partial charge is 0.380 e. The van der Waals surface area contributed by atoms with Gasteiger partial charge in [0.2, 0.25) is 9.05 Å². The lowest BCUT2D eigenvalue weighted by atomic mass is 10.0. The van der Waals surface area contributed by atoms with Crippen molar-refractivity contribution in [1.29, 1.82) is 0 Å². The molecule has 0 amide bonds. The Balaban J connectivity index is 1.97. The summed E-state index contributed by atoms with van der Waals surface area (Å²) in [5.41, 5.74) is 0.956. The van der Waals surface area contributed by atoms with Crippen molar-refractivity contribution in [2.75, 3.05) is 19.0 Å². The van der Waals surface area contributed by atoms with Crippen LogP contribution in [0.5, 0.6) is 0 Å². The molecule has 0 heterocycles. The van der Waals surface area contributed by atoms with Gasteiger partial charge in [-0.2, -0.15) is 0 Å². The molecule has 2 rings (SSSR count). The van der Waals surface area contributed by atoms with Crippen molar-refractivity contribution >= 4 is 19.7 Å². The second-order valence-corrected chi connectivity index (χ2v) is 7.62. The predicted molar refractivity (Wildman–Crippen MR) is 72.4 cm³/mol. The lowest BCUT2D eigenvalue weighted by Gasteiger charge is -2.16. The van der Waals surface area contributed by atoms with Crippen LogP contribution in [0.25, 0.3) is 0 Å². The Hall–Kier alpha value is -0.580. The first kappa shape index (κ1) is 13.8. The van der Waals surface area contributed by atoms with Crippen LogP contribution in [-0.2, 0) is 13.8 Å². The van der Waals surface area contributed by atoms with Gasteiger partial charge >= 0.3 is 0 Å². The second-order valence-electron chi connectivity index (χ2n) is 4.79. The number of halogens is 1. The molecule has 1 aromatic carbocycles. The van der Waals surface area contributed by atoms with Crippen LogP contribution in [0.15, 0.2) is 30.3 Å². The van der Waals surface area contributed by atoms with E-state index in [4.69, 9.17) is 15.4 Å². The maximum Gasteiger partial charge on any atom is 0.233 e. The van der Waals surface area contributed by atoms with E-state index in [1.54, 1.807) is 0 Å². The number of benzene rings is 1. The molecule has 100 valence electrons. The Morgan fingerprint density at radius 3 is 2.50 bits per heavy atom. The summed E-state index contributed by atoms with van der Waals surface area (Å²) in [5.74, 6) is 0.407. The fourth-order valence-electron chi connectivity index (χ4n) is 1.87. The zero-order valence-electron chi connectivity index (χ0n) is 10.1. The zero-order chi connectivity index (χ0) is 13.0. The Morgan fingerprint density at radius 1 is 1.28 bits per heavy atom. The molecule has 5 heteroatoms. The topological polar surface area (TPSA) is 43.4 Å². The zero-order valence-corrected chi connectivity index (χ0v) is 11.7. The molecule has 1 atom stereocenters. The predicted octanol–water partition coefficient (Wildman–Crippen LogP) is 2.77. The van der Waals surface area contributed by atoms with Crippen LogP contribution in [-0.4, -0.2) is 27.4 Å². The van der Waals surface area contributed by atoms with E-state index in [2.05, 4.69) is 0 Å². The van der Waals surface area contributed by atoms with Crippen LogP contribution in [0, 0.1) is 5.92 Å². The maximum atomic E-state index is 11.2. The highest BCUT2D eigenvalue weighted by atomic mass is 35.7. The summed E-state index contributed by atoms with van der Waals surface area (Å²) < 4.78 is 28.1. The molecule has 0 bridgehead atoms. The van der Waals surface area contributed by atoms with E-state index >= 15 is 0 Å². The first-order valence-electron chi connectivity index (χ1n) is 6.09. The van der Waals surface area contributed by atoms with Gasteiger partial charge in [-0.3, -0.25) is 0 Å².